The zero-order chi connectivity index (χ0) is 14.1. The van der Waals surface area contributed by atoms with E-state index in [-0.39, 0.29) is 5.82 Å². The molecule has 2 aromatic rings. The minimum absolute atomic E-state index is 0.196. The van der Waals surface area contributed by atoms with Crippen LogP contribution in [0.1, 0.15) is 17.9 Å². The van der Waals surface area contributed by atoms with Crippen LogP contribution in [-0.2, 0) is 0 Å². The SMILES string of the molecule is Nc1cc(I)c(F)cc1N1CCC(c2ccccc2)C1. The maximum Gasteiger partial charge on any atom is 0.138 e. The predicted molar refractivity (Wildman–Crippen MR) is 89.5 cm³/mol. The summed E-state index contributed by atoms with van der Waals surface area (Å²) in [5, 5.41) is 0. The van der Waals surface area contributed by atoms with Gasteiger partial charge in [-0.05, 0) is 40.6 Å². The highest BCUT2D eigenvalue weighted by molar-refractivity contribution is 14.1. The topological polar surface area (TPSA) is 29.3 Å². The van der Waals surface area contributed by atoms with Crippen molar-refractivity contribution in [1.29, 1.82) is 0 Å². The summed E-state index contributed by atoms with van der Waals surface area (Å²) >= 11 is 1.97. The van der Waals surface area contributed by atoms with Gasteiger partial charge in [-0.2, -0.15) is 0 Å². The second kappa shape index (κ2) is 5.60. The maximum atomic E-state index is 13.7. The van der Waals surface area contributed by atoms with E-state index in [0.717, 1.165) is 25.2 Å². The van der Waals surface area contributed by atoms with Gasteiger partial charge >= 0.3 is 0 Å². The van der Waals surface area contributed by atoms with Gasteiger partial charge in [-0.3, -0.25) is 0 Å². The Morgan fingerprint density at radius 3 is 2.70 bits per heavy atom. The highest BCUT2D eigenvalue weighted by Crippen LogP contribution is 2.34. The van der Waals surface area contributed by atoms with E-state index in [1.54, 1.807) is 12.1 Å². The molecule has 0 saturated carbocycles. The fraction of sp³-hybridized carbons (Fsp3) is 0.250. The van der Waals surface area contributed by atoms with Crippen LogP contribution in [0.25, 0.3) is 0 Å². The minimum Gasteiger partial charge on any atom is -0.397 e. The minimum atomic E-state index is -0.196. The van der Waals surface area contributed by atoms with Crippen molar-refractivity contribution in [2.24, 2.45) is 0 Å². The molecule has 2 N–H and O–H groups in total. The number of halogens is 2. The molecule has 0 amide bonds. The van der Waals surface area contributed by atoms with Crippen molar-refractivity contribution in [3.05, 3.63) is 57.4 Å². The van der Waals surface area contributed by atoms with Gasteiger partial charge in [0, 0.05) is 25.1 Å². The lowest BCUT2D eigenvalue weighted by molar-refractivity contribution is 0.620. The Labute approximate surface area is 131 Å². The van der Waals surface area contributed by atoms with E-state index in [1.165, 1.54) is 5.56 Å². The Hall–Kier alpha value is -1.30. The molecule has 1 fully saturated rings. The van der Waals surface area contributed by atoms with Gasteiger partial charge in [0.2, 0.25) is 0 Å². The molecule has 1 atom stereocenters. The van der Waals surface area contributed by atoms with Crippen LogP contribution in [0.15, 0.2) is 42.5 Å². The standard InChI is InChI=1S/C16H16FIN2/c17-13-8-16(15(19)9-14(13)18)20-7-6-12(10-20)11-4-2-1-3-5-11/h1-5,8-9,12H,6-7,10,19H2. The van der Waals surface area contributed by atoms with Gasteiger partial charge < -0.3 is 10.6 Å². The lowest BCUT2D eigenvalue weighted by Crippen LogP contribution is -2.20. The van der Waals surface area contributed by atoms with Gasteiger partial charge in [-0.25, -0.2) is 4.39 Å². The molecule has 1 aliphatic rings. The van der Waals surface area contributed by atoms with Gasteiger partial charge in [0.25, 0.3) is 0 Å². The first kappa shape index (κ1) is 13.7. The lowest BCUT2D eigenvalue weighted by atomic mass is 9.99. The zero-order valence-electron chi connectivity index (χ0n) is 11.0. The van der Waals surface area contributed by atoms with E-state index in [9.17, 15) is 4.39 Å². The number of anilines is 2. The van der Waals surface area contributed by atoms with Crippen LogP contribution >= 0.6 is 22.6 Å². The molecular formula is C16H16FIN2. The molecule has 0 spiro atoms. The number of hydrogen-bond donors (Lipinski definition) is 1. The smallest absolute Gasteiger partial charge is 0.138 e. The molecule has 1 unspecified atom stereocenters. The molecule has 0 radical (unpaired) electrons. The van der Waals surface area contributed by atoms with E-state index in [1.807, 2.05) is 28.7 Å². The Kier molecular flexibility index (Phi) is 3.83. The van der Waals surface area contributed by atoms with Crippen molar-refractivity contribution in [2.75, 3.05) is 23.7 Å². The van der Waals surface area contributed by atoms with Crippen LogP contribution in [0.3, 0.4) is 0 Å². The number of nitrogens with two attached hydrogens (primary N) is 1. The Balaban J connectivity index is 1.82. The summed E-state index contributed by atoms with van der Waals surface area (Å²) in [4.78, 5) is 2.19. The molecule has 1 heterocycles. The van der Waals surface area contributed by atoms with E-state index in [0.29, 0.717) is 15.2 Å². The summed E-state index contributed by atoms with van der Waals surface area (Å²) in [6.45, 7) is 1.82. The number of rotatable bonds is 2. The Bertz CT molecular complexity index is 615. The highest BCUT2D eigenvalue weighted by atomic mass is 127. The van der Waals surface area contributed by atoms with Crippen molar-refractivity contribution in [3.8, 4) is 0 Å². The zero-order valence-corrected chi connectivity index (χ0v) is 13.2. The molecule has 4 heteroatoms. The molecule has 2 nitrogen and oxygen atoms in total. The summed E-state index contributed by atoms with van der Waals surface area (Å²) in [5.74, 6) is 0.302. The number of hydrogen-bond acceptors (Lipinski definition) is 2. The largest absolute Gasteiger partial charge is 0.397 e. The monoisotopic (exact) mass is 382 g/mol. The average molecular weight is 382 g/mol. The third-order valence-electron chi connectivity index (χ3n) is 3.87. The van der Waals surface area contributed by atoms with Crippen LogP contribution in [0.4, 0.5) is 15.8 Å². The van der Waals surface area contributed by atoms with E-state index in [2.05, 4.69) is 29.2 Å². The van der Waals surface area contributed by atoms with Crippen molar-refractivity contribution in [3.63, 3.8) is 0 Å². The molecule has 0 bridgehead atoms. The van der Waals surface area contributed by atoms with Gasteiger partial charge in [0.05, 0.1) is 14.9 Å². The van der Waals surface area contributed by atoms with Crippen LogP contribution in [0.5, 0.6) is 0 Å². The molecule has 104 valence electrons. The molecule has 0 aromatic heterocycles. The Morgan fingerprint density at radius 1 is 1.20 bits per heavy atom. The summed E-state index contributed by atoms with van der Waals surface area (Å²) in [6.07, 6.45) is 1.08. The second-order valence-corrected chi connectivity index (χ2v) is 6.33. The maximum absolute atomic E-state index is 13.7. The molecule has 3 rings (SSSR count). The van der Waals surface area contributed by atoms with Crippen molar-refractivity contribution in [2.45, 2.75) is 12.3 Å². The van der Waals surface area contributed by atoms with Gasteiger partial charge in [-0.15, -0.1) is 0 Å². The second-order valence-electron chi connectivity index (χ2n) is 5.17. The third-order valence-corrected chi connectivity index (χ3v) is 4.70. The lowest BCUT2D eigenvalue weighted by Gasteiger charge is -2.21. The first-order valence-corrected chi connectivity index (χ1v) is 7.77. The highest BCUT2D eigenvalue weighted by Gasteiger charge is 2.25. The quantitative estimate of drug-likeness (QED) is 0.629. The van der Waals surface area contributed by atoms with Crippen LogP contribution in [0, 0.1) is 9.39 Å². The number of benzene rings is 2. The first-order chi connectivity index (χ1) is 9.65. The van der Waals surface area contributed by atoms with Crippen molar-refractivity contribution in [1.82, 2.24) is 0 Å². The fourth-order valence-corrected chi connectivity index (χ4v) is 3.29. The average Bonchev–Trinajstić information content (AvgIpc) is 2.93. The van der Waals surface area contributed by atoms with Gasteiger partial charge in [0.1, 0.15) is 5.82 Å². The summed E-state index contributed by atoms with van der Waals surface area (Å²) < 4.78 is 14.3. The van der Waals surface area contributed by atoms with E-state index < -0.39 is 0 Å². The fourth-order valence-electron chi connectivity index (χ4n) is 2.80. The predicted octanol–water partition coefficient (Wildman–Crippen LogP) is 4.01. The van der Waals surface area contributed by atoms with E-state index >= 15 is 0 Å². The third kappa shape index (κ3) is 2.61. The Morgan fingerprint density at radius 2 is 1.95 bits per heavy atom. The first-order valence-electron chi connectivity index (χ1n) is 6.69. The van der Waals surface area contributed by atoms with Crippen LogP contribution in [-0.4, -0.2) is 13.1 Å². The molecule has 0 aliphatic carbocycles. The van der Waals surface area contributed by atoms with E-state index in [4.69, 9.17) is 5.73 Å². The van der Waals surface area contributed by atoms with Crippen molar-refractivity contribution >= 4 is 34.0 Å². The molecular weight excluding hydrogens is 366 g/mol. The molecule has 1 saturated heterocycles. The van der Waals surface area contributed by atoms with Crippen LogP contribution in [0.2, 0.25) is 0 Å². The summed E-state index contributed by atoms with van der Waals surface area (Å²) in [7, 11) is 0. The summed E-state index contributed by atoms with van der Waals surface area (Å²) in [6, 6.07) is 13.8. The van der Waals surface area contributed by atoms with Crippen LogP contribution < -0.4 is 10.6 Å². The number of nitrogen functional groups attached to an aromatic ring is 1. The van der Waals surface area contributed by atoms with Gasteiger partial charge in [0.15, 0.2) is 0 Å². The molecule has 1 aliphatic heterocycles. The van der Waals surface area contributed by atoms with Gasteiger partial charge in [-0.1, -0.05) is 30.3 Å². The normalized spacial score (nSPS) is 18.5. The van der Waals surface area contributed by atoms with Crippen molar-refractivity contribution < 1.29 is 4.39 Å². The molecule has 2 aromatic carbocycles. The molecule has 20 heavy (non-hydrogen) atoms. The summed E-state index contributed by atoms with van der Waals surface area (Å²) in [5.41, 5.74) is 8.87. The number of nitrogens with zero attached hydrogens (tertiary/aromatic N) is 1.